The monoisotopic (exact) mass is 284 g/mol. The Labute approximate surface area is 115 Å². The van der Waals surface area contributed by atoms with E-state index in [4.69, 9.17) is 5.73 Å². The lowest BCUT2D eigenvalue weighted by Gasteiger charge is -2.46. The van der Waals surface area contributed by atoms with Crippen molar-refractivity contribution in [1.82, 2.24) is 15.1 Å². The van der Waals surface area contributed by atoms with Crippen molar-refractivity contribution in [2.24, 2.45) is 5.73 Å². The Kier molecular flexibility index (Phi) is 4.00. The normalized spacial score (nSPS) is 27.6. The summed E-state index contributed by atoms with van der Waals surface area (Å²) >= 11 is 0. The van der Waals surface area contributed by atoms with Gasteiger partial charge >= 0.3 is 5.97 Å². The molecule has 2 rings (SSSR count). The molecule has 2 aliphatic rings. The molecule has 2 heterocycles. The zero-order chi connectivity index (χ0) is 14.9. The van der Waals surface area contributed by atoms with Crippen LogP contribution in [0.25, 0.3) is 0 Å². The molecule has 2 fully saturated rings. The van der Waals surface area contributed by atoms with Crippen molar-refractivity contribution < 1.29 is 23.9 Å². The Morgan fingerprint density at radius 3 is 2.70 bits per heavy atom. The van der Waals surface area contributed by atoms with E-state index >= 15 is 0 Å². The third kappa shape index (κ3) is 2.63. The number of esters is 1. The standard InChI is InChI=1S/C11H16N4O5/c1-20-7(17)5-15-3-2-14-4-6(16)13-11(19)9(14)8(15)10(12)18/h8-9H,2-5H2,1H3,(H2,12,18)(H,13,16,19)/t8-,9-/m1/s1. The largest absolute Gasteiger partial charge is 0.468 e. The highest BCUT2D eigenvalue weighted by Crippen LogP contribution is 2.19. The SMILES string of the molecule is COC(=O)CN1CCN2CC(=O)NC(=O)[C@H]2[C@@H]1C(N)=O. The van der Waals surface area contributed by atoms with Crippen LogP contribution >= 0.6 is 0 Å². The van der Waals surface area contributed by atoms with Crippen molar-refractivity contribution in [3.05, 3.63) is 0 Å². The van der Waals surface area contributed by atoms with Crippen LogP contribution in [0, 0.1) is 0 Å². The summed E-state index contributed by atoms with van der Waals surface area (Å²) in [5, 5.41) is 2.18. The molecule has 2 atom stereocenters. The van der Waals surface area contributed by atoms with E-state index in [-0.39, 0.29) is 13.1 Å². The fourth-order valence-corrected chi connectivity index (χ4v) is 2.60. The maximum absolute atomic E-state index is 11.9. The number of ether oxygens (including phenoxy) is 1. The van der Waals surface area contributed by atoms with E-state index in [0.717, 1.165) is 0 Å². The van der Waals surface area contributed by atoms with Gasteiger partial charge in [-0.2, -0.15) is 0 Å². The summed E-state index contributed by atoms with van der Waals surface area (Å²) in [6.07, 6.45) is 0. The minimum Gasteiger partial charge on any atom is -0.468 e. The average molecular weight is 284 g/mol. The molecule has 3 amide bonds. The summed E-state index contributed by atoms with van der Waals surface area (Å²) in [6.45, 7) is 0.645. The van der Waals surface area contributed by atoms with Crippen molar-refractivity contribution in [3.8, 4) is 0 Å². The van der Waals surface area contributed by atoms with Crippen molar-refractivity contribution in [2.75, 3.05) is 33.3 Å². The average Bonchev–Trinajstić information content (AvgIpc) is 2.38. The van der Waals surface area contributed by atoms with Gasteiger partial charge in [-0.15, -0.1) is 0 Å². The van der Waals surface area contributed by atoms with Crippen LogP contribution in [0.3, 0.4) is 0 Å². The Balaban J connectivity index is 2.23. The highest BCUT2D eigenvalue weighted by atomic mass is 16.5. The van der Waals surface area contributed by atoms with Gasteiger partial charge in [0.15, 0.2) is 0 Å². The molecule has 0 spiro atoms. The number of hydrogen-bond acceptors (Lipinski definition) is 7. The lowest BCUT2D eigenvalue weighted by molar-refractivity contribution is -0.154. The van der Waals surface area contributed by atoms with Crippen LogP contribution in [-0.2, 0) is 23.9 Å². The molecule has 20 heavy (non-hydrogen) atoms. The second kappa shape index (κ2) is 5.55. The van der Waals surface area contributed by atoms with Crippen molar-refractivity contribution in [1.29, 1.82) is 0 Å². The predicted octanol–water partition coefficient (Wildman–Crippen LogP) is -3.34. The minimum absolute atomic E-state index is 0.0340. The Morgan fingerprint density at radius 2 is 2.10 bits per heavy atom. The number of rotatable bonds is 3. The van der Waals surface area contributed by atoms with Crippen LogP contribution in [0.15, 0.2) is 0 Å². The Hall–Kier alpha value is -2.00. The second-order valence-corrected chi connectivity index (χ2v) is 4.72. The van der Waals surface area contributed by atoms with Gasteiger partial charge in [0.25, 0.3) is 0 Å². The molecule has 0 aliphatic carbocycles. The summed E-state index contributed by atoms with van der Waals surface area (Å²) < 4.78 is 4.56. The number of nitrogens with two attached hydrogens (primary N) is 1. The van der Waals surface area contributed by atoms with E-state index in [1.165, 1.54) is 12.0 Å². The van der Waals surface area contributed by atoms with Gasteiger partial charge in [0, 0.05) is 13.1 Å². The van der Waals surface area contributed by atoms with Gasteiger partial charge < -0.3 is 10.5 Å². The minimum atomic E-state index is -0.962. The van der Waals surface area contributed by atoms with Crippen LogP contribution < -0.4 is 11.1 Å². The van der Waals surface area contributed by atoms with Crippen molar-refractivity contribution in [2.45, 2.75) is 12.1 Å². The lowest BCUT2D eigenvalue weighted by atomic mass is 9.97. The number of imide groups is 1. The fourth-order valence-electron chi connectivity index (χ4n) is 2.60. The van der Waals surface area contributed by atoms with Crippen LogP contribution in [0.4, 0.5) is 0 Å². The third-order valence-corrected chi connectivity index (χ3v) is 3.49. The van der Waals surface area contributed by atoms with Gasteiger partial charge in [0.2, 0.25) is 17.7 Å². The number of methoxy groups -OCH3 is 1. The third-order valence-electron chi connectivity index (χ3n) is 3.49. The first kappa shape index (κ1) is 14.4. The van der Waals surface area contributed by atoms with E-state index in [1.807, 2.05) is 0 Å². The van der Waals surface area contributed by atoms with Crippen LogP contribution in [0.2, 0.25) is 0 Å². The molecule has 0 saturated carbocycles. The molecule has 9 nitrogen and oxygen atoms in total. The summed E-state index contributed by atoms with van der Waals surface area (Å²) in [5.74, 6) is -2.21. The molecule has 0 aromatic heterocycles. The predicted molar refractivity (Wildman–Crippen MR) is 65.1 cm³/mol. The van der Waals surface area contributed by atoms with Gasteiger partial charge in [-0.05, 0) is 0 Å². The van der Waals surface area contributed by atoms with Gasteiger partial charge in [0.05, 0.1) is 20.2 Å². The Bertz CT molecular complexity index is 466. The zero-order valence-corrected chi connectivity index (χ0v) is 11.0. The highest BCUT2D eigenvalue weighted by molar-refractivity contribution is 6.04. The summed E-state index contributed by atoms with van der Waals surface area (Å²) in [7, 11) is 1.24. The number of carbonyl (C=O) groups is 4. The van der Waals surface area contributed by atoms with Crippen LogP contribution in [0.5, 0.6) is 0 Å². The Morgan fingerprint density at radius 1 is 1.40 bits per heavy atom. The highest BCUT2D eigenvalue weighted by Gasteiger charge is 2.47. The van der Waals surface area contributed by atoms with Crippen molar-refractivity contribution >= 4 is 23.7 Å². The van der Waals surface area contributed by atoms with Gasteiger partial charge in [-0.25, -0.2) is 0 Å². The van der Waals surface area contributed by atoms with Gasteiger partial charge in [-0.3, -0.25) is 34.3 Å². The van der Waals surface area contributed by atoms with E-state index in [1.54, 1.807) is 4.90 Å². The van der Waals surface area contributed by atoms with Crippen molar-refractivity contribution in [3.63, 3.8) is 0 Å². The van der Waals surface area contributed by atoms with Gasteiger partial charge in [0.1, 0.15) is 12.1 Å². The number of hydrogen-bond donors (Lipinski definition) is 2. The molecule has 2 aliphatic heterocycles. The van der Waals surface area contributed by atoms with Crippen LogP contribution in [0.1, 0.15) is 0 Å². The first-order valence-electron chi connectivity index (χ1n) is 6.12. The first-order chi connectivity index (χ1) is 9.43. The maximum atomic E-state index is 11.9. The molecular formula is C11H16N4O5. The fraction of sp³-hybridized carbons (Fsp3) is 0.636. The molecule has 3 N–H and O–H groups in total. The maximum Gasteiger partial charge on any atom is 0.319 e. The molecule has 0 aromatic rings. The molecule has 0 unspecified atom stereocenters. The number of amides is 3. The quantitative estimate of drug-likeness (QED) is 0.410. The number of piperazine rings is 2. The topological polar surface area (TPSA) is 122 Å². The number of nitrogens with zero attached hydrogens (tertiary/aromatic N) is 2. The van der Waals surface area contributed by atoms with E-state index in [2.05, 4.69) is 10.1 Å². The van der Waals surface area contributed by atoms with E-state index in [9.17, 15) is 19.2 Å². The molecule has 0 aromatic carbocycles. The number of nitrogens with one attached hydrogen (secondary N) is 1. The lowest BCUT2D eigenvalue weighted by Crippen LogP contribution is -2.72. The molecule has 2 saturated heterocycles. The summed E-state index contributed by atoms with van der Waals surface area (Å²) in [6, 6.07) is -1.82. The van der Waals surface area contributed by atoms with E-state index in [0.29, 0.717) is 13.1 Å². The number of fused-ring (bicyclic) bond motifs is 1. The smallest absolute Gasteiger partial charge is 0.319 e. The summed E-state index contributed by atoms with van der Waals surface area (Å²) in [4.78, 5) is 49.4. The molecular weight excluding hydrogens is 268 g/mol. The molecule has 0 bridgehead atoms. The molecule has 110 valence electrons. The zero-order valence-electron chi connectivity index (χ0n) is 11.0. The summed E-state index contributed by atoms with van der Waals surface area (Å²) in [5.41, 5.74) is 5.35. The molecule has 0 radical (unpaired) electrons. The van der Waals surface area contributed by atoms with Crippen LogP contribution in [-0.4, -0.2) is 78.9 Å². The second-order valence-electron chi connectivity index (χ2n) is 4.72. The van der Waals surface area contributed by atoms with Gasteiger partial charge in [-0.1, -0.05) is 0 Å². The first-order valence-corrected chi connectivity index (χ1v) is 6.12. The number of primary amides is 1. The molecule has 9 heteroatoms. The number of carbonyl (C=O) groups excluding carboxylic acids is 4. The van der Waals surface area contributed by atoms with E-state index < -0.39 is 35.8 Å².